The van der Waals surface area contributed by atoms with Crippen LogP contribution in [0.1, 0.15) is 16.7 Å². The number of halogens is 1. The van der Waals surface area contributed by atoms with Crippen LogP contribution in [0.25, 0.3) is 0 Å². The number of nitrogens with zero attached hydrogens (tertiary/aromatic N) is 2. The van der Waals surface area contributed by atoms with E-state index >= 15 is 0 Å². The second-order valence-corrected chi connectivity index (χ2v) is 7.66. The first-order chi connectivity index (χ1) is 13.8. The Hall–Kier alpha value is -1.29. The lowest BCUT2D eigenvalue weighted by Gasteiger charge is -2.27. The first-order valence-corrected chi connectivity index (χ1v) is 11.0. The van der Waals surface area contributed by atoms with Gasteiger partial charge in [-0.1, -0.05) is 36.4 Å². The summed E-state index contributed by atoms with van der Waals surface area (Å²) in [5, 5.41) is 6.85. The Morgan fingerprint density at radius 1 is 1.00 bits per heavy atom. The van der Waals surface area contributed by atoms with Crippen LogP contribution in [0.5, 0.6) is 0 Å². The molecule has 1 saturated heterocycles. The van der Waals surface area contributed by atoms with E-state index in [0.29, 0.717) is 0 Å². The van der Waals surface area contributed by atoms with E-state index in [0.717, 1.165) is 51.9 Å². The Morgan fingerprint density at radius 2 is 1.66 bits per heavy atom. The topological polar surface area (TPSA) is 48.9 Å². The van der Waals surface area contributed by atoms with E-state index in [9.17, 15) is 0 Å². The van der Waals surface area contributed by atoms with Crippen molar-refractivity contribution < 1.29 is 4.74 Å². The zero-order valence-corrected chi connectivity index (χ0v) is 20.3. The predicted octanol–water partition coefficient (Wildman–Crippen LogP) is 3.72. The minimum absolute atomic E-state index is 0. The van der Waals surface area contributed by atoms with Gasteiger partial charge in [-0.25, -0.2) is 0 Å². The molecule has 2 aromatic rings. The lowest BCUT2D eigenvalue weighted by atomic mass is 10.1. The molecule has 1 fully saturated rings. The molecule has 0 amide bonds. The van der Waals surface area contributed by atoms with Gasteiger partial charge in [0.05, 0.1) is 13.2 Å². The Bertz CT molecular complexity index is 764. The Balaban J connectivity index is 0.00000300. The molecule has 0 unspecified atom stereocenters. The first-order valence-electron chi connectivity index (χ1n) is 9.73. The van der Waals surface area contributed by atoms with Crippen molar-refractivity contribution in [2.45, 2.75) is 24.5 Å². The van der Waals surface area contributed by atoms with E-state index in [4.69, 9.17) is 4.74 Å². The van der Waals surface area contributed by atoms with Crippen molar-refractivity contribution in [3.8, 4) is 0 Å². The molecule has 0 atom stereocenters. The van der Waals surface area contributed by atoms with Crippen LogP contribution in [0.3, 0.4) is 0 Å². The molecule has 7 heteroatoms. The summed E-state index contributed by atoms with van der Waals surface area (Å²) in [6, 6.07) is 17.2. The van der Waals surface area contributed by atoms with Gasteiger partial charge in [-0.05, 0) is 35.1 Å². The van der Waals surface area contributed by atoms with Crippen LogP contribution in [-0.4, -0.2) is 50.5 Å². The van der Waals surface area contributed by atoms with Gasteiger partial charge in [0.25, 0.3) is 0 Å². The molecule has 2 aromatic carbocycles. The van der Waals surface area contributed by atoms with Crippen molar-refractivity contribution in [3.63, 3.8) is 0 Å². The zero-order valence-electron chi connectivity index (χ0n) is 17.2. The number of ether oxygens (including phenoxy) is 1. The number of aliphatic imine (C=N–C) groups is 1. The summed E-state index contributed by atoms with van der Waals surface area (Å²) in [5.74, 6) is 0.815. The molecule has 3 rings (SSSR count). The van der Waals surface area contributed by atoms with Crippen molar-refractivity contribution >= 4 is 41.7 Å². The summed E-state index contributed by atoms with van der Waals surface area (Å²) in [5.41, 5.74) is 3.91. The number of rotatable bonds is 7. The van der Waals surface area contributed by atoms with Gasteiger partial charge >= 0.3 is 0 Å². The first kappa shape index (κ1) is 24.0. The lowest BCUT2D eigenvalue weighted by molar-refractivity contribution is 0.0341. The SMILES string of the molecule is CN=C(NCc1ccc(SC)cc1)NCc1ccccc1CN1CCOCC1.I. The molecule has 29 heavy (non-hydrogen) atoms. The predicted molar refractivity (Wildman–Crippen MR) is 133 cm³/mol. The molecular formula is C22H31IN4OS. The highest BCUT2D eigenvalue weighted by Gasteiger charge is 2.12. The number of benzene rings is 2. The van der Waals surface area contributed by atoms with Gasteiger partial charge in [0.1, 0.15) is 0 Å². The molecule has 5 nitrogen and oxygen atoms in total. The van der Waals surface area contributed by atoms with Crippen molar-refractivity contribution in [2.24, 2.45) is 4.99 Å². The maximum Gasteiger partial charge on any atom is 0.191 e. The molecule has 158 valence electrons. The van der Waals surface area contributed by atoms with Crippen molar-refractivity contribution in [1.29, 1.82) is 0 Å². The largest absolute Gasteiger partial charge is 0.379 e. The van der Waals surface area contributed by atoms with Crippen LogP contribution >= 0.6 is 35.7 Å². The van der Waals surface area contributed by atoms with Crippen LogP contribution in [0.4, 0.5) is 0 Å². The van der Waals surface area contributed by atoms with Crippen molar-refractivity contribution in [2.75, 3.05) is 39.6 Å². The van der Waals surface area contributed by atoms with Crippen molar-refractivity contribution in [1.82, 2.24) is 15.5 Å². The van der Waals surface area contributed by atoms with E-state index in [-0.39, 0.29) is 24.0 Å². The lowest BCUT2D eigenvalue weighted by Crippen LogP contribution is -2.37. The highest BCUT2D eigenvalue weighted by molar-refractivity contribution is 14.0. The normalized spacial score (nSPS) is 14.9. The van der Waals surface area contributed by atoms with Gasteiger partial charge in [0, 0.05) is 44.7 Å². The van der Waals surface area contributed by atoms with Crippen LogP contribution in [-0.2, 0) is 24.4 Å². The summed E-state index contributed by atoms with van der Waals surface area (Å²) in [7, 11) is 1.81. The molecule has 0 saturated carbocycles. The van der Waals surface area contributed by atoms with Crippen molar-refractivity contribution in [3.05, 3.63) is 65.2 Å². The third-order valence-electron chi connectivity index (χ3n) is 4.90. The van der Waals surface area contributed by atoms with Gasteiger partial charge < -0.3 is 15.4 Å². The molecule has 0 spiro atoms. The van der Waals surface area contributed by atoms with Gasteiger partial charge in [-0.3, -0.25) is 9.89 Å². The second kappa shape index (κ2) is 13.1. The maximum absolute atomic E-state index is 5.46. The number of morpholine rings is 1. The van der Waals surface area contributed by atoms with Gasteiger partial charge in [0.15, 0.2) is 5.96 Å². The van der Waals surface area contributed by atoms with Crippen LogP contribution < -0.4 is 10.6 Å². The van der Waals surface area contributed by atoms with E-state index < -0.39 is 0 Å². The van der Waals surface area contributed by atoms with Crippen LogP contribution in [0.15, 0.2) is 58.4 Å². The molecule has 2 N–H and O–H groups in total. The second-order valence-electron chi connectivity index (χ2n) is 6.78. The molecule has 0 aliphatic carbocycles. The van der Waals surface area contributed by atoms with Gasteiger partial charge in [0.2, 0.25) is 0 Å². The summed E-state index contributed by atoms with van der Waals surface area (Å²) < 4.78 is 5.46. The minimum Gasteiger partial charge on any atom is -0.379 e. The smallest absolute Gasteiger partial charge is 0.191 e. The third kappa shape index (κ3) is 7.81. The Kier molecular flexibility index (Phi) is 10.8. The number of hydrogen-bond acceptors (Lipinski definition) is 4. The average molecular weight is 526 g/mol. The molecule has 0 radical (unpaired) electrons. The highest BCUT2D eigenvalue weighted by Crippen LogP contribution is 2.15. The fourth-order valence-corrected chi connectivity index (χ4v) is 3.62. The molecule has 1 heterocycles. The fourth-order valence-electron chi connectivity index (χ4n) is 3.21. The summed E-state index contributed by atoms with van der Waals surface area (Å²) in [6.07, 6.45) is 2.09. The molecule has 0 bridgehead atoms. The minimum atomic E-state index is 0. The average Bonchev–Trinajstić information content (AvgIpc) is 2.76. The van der Waals surface area contributed by atoms with Crippen LogP contribution in [0, 0.1) is 0 Å². The summed E-state index contributed by atoms with van der Waals surface area (Å²) in [6.45, 7) is 6.13. The molecule has 1 aliphatic rings. The van der Waals surface area contributed by atoms with Crippen LogP contribution in [0.2, 0.25) is 0 Å². The molecular weight excluding hydrogens is 495 g/mol. The van der Waals surface area contributed by atoms with E-state index in [1.807, 2.05) is 7.05 Å². The van der Waals surface area contributed by atoms with E-state index in [1.54, 1.807) is 11.8 Å². The van der Waals surface area contributed by atoms with Gasteiger partial charge in [-0.2, -0.15) is 0 Å². The third-order valence-corrected chi connectivity index (χ3v) is 5.65. The molecule has 0 aromatic heterocycles. The number of hydrogen-bond donors (Lipinski definition) is 2. The number of guanidine groups is 1. The number of nitrogens with one attached hydrogen (secondary N) is 2. The zero-order chi connectivity index (χ0) is 19.6. The van der Waals surface area contributed by atoms with E-state index in [2.05, 4.69) is 75.3 Å². The quantitative estimate of drug-likeness (QED) is 0.249. The summed E-state index contributed by atoms with van der Waals surface area (Å²) >= 11 is 1.76. The fraction of sp³-hybridized carbons (Fsp3) is 0.409. The maximum atomic E-state index is 5.46. The molecule has 1 aliphatic heterocycles. The highest BCUT2D eigenvalue weighted by atomic mass is 127. The monoisotopic (exact) mass is 526 g/mol. The Labute approximate surface area is 195 Å². The van der Waals surface area contributed by atoms with E-state index in [1.165, 1.54) is 21.6 Å². The number of thioether (sulfide) groups is 1. The standard InChI is InChI=1S/C22H30N4OS.HI/c1-23-22(24-15-18-7-9-21(28-2)10-8-18)25-16-19-5-3-4-6-20(19)17-26-11-13-27-14-12-26;/h3-10H,11-17H2,1-2H3,(H2,23,24,25);1H. The Morgan fingerprint density at radius 3 is 2.31 bits per heavy atom. The van der Waals surface area contributed by atoms with Gasteiger partial charge in [-0.15, -0.1) is 35.7 Å². The summed E-state index contributed by atoms with van der Waals surface area (Å²) in [4.78, 5) is 8.09.